The molecular weight excluding hydrogens is 493 g/mol. The number of anilines is 1. The molecule has 0 radical (unpaired) electrons. The second kappa shape index (κ2) is 10.2. The van der Waals surface area contributed by atoms with Gasteiger partial charge in [-0.2, -0.15) is 0 Å². The third-order valence-corrected chi connectivity index (χ3v) is 6.24. The van der Waals surface area contributed by atoms with Crippen LogP contribution in [0.2, 0.25) is 5.02 Å². The third-order valence-electron chi connectivity index (χ3n) is 5.99. The maximum atomic E-state index is 13.6. The number of rotatable bonds is 6. The van der Waals surface area contributed by atoms with Crippen LogP contribution in [0.4, 0.5) is 10.1 Å². The van der Waals surface area contributed by atoms with Gasteiger partial charge < -0.3 is 5.32 Å². The van der Waals surface area contributed by atoms with E-state index in [1.54, 1.807) is 65.2 Å². The third kappa shape index (κ3) is 5.22. The van der Waals surface area contributed by atoms with Gasteiger partial charge >= 0.3 is 5.69 Å². The molecule has 0 fully saturated rings. The Labute approximate surface area is 216 Å². The van der Waals surface area contributed by atoms with Gasteiger partial charge in [0.25, 0.3) is 5.56 Å². The first-order chi connectivity index (χ1) is 17.9. The molecule has 0 atom stereocenters. The molecule has 5 rings (SSSR count). The molecule has 0 aliphatic heterocycles. The number of nitrogens with zero attached hydrogens (tertiary/aromatic N) is 2. The van der Waals surface area contributed by atoms with E-state index < -0.39 is 11.2 Å². The van der Waals surface area contributed by atoms with E-state index in [0.717, 1.165) is 10.1 Å². The van der Waals surface area contributed by atoms with Gasteiger partial charge in [-0.25, -0.2) is 13.8 Å². The summed E-state index contributed by atoms with van der Waals surface area (Å²) < 4.78 is 15.8. The fourth-order valence-corrected chi connectivity index (χ4v) is 4.29. The first-order valence-corrected chi connectivity index (χ1v) is 11.9. The van der Waals surface area contributed by atoms with Crippen molar-refractivity contribution in [1.29, 1.82) is 0 Å². The molecule has 0 aliphatic carbocycles. The molecule has 0 bridgehead atoms. The predicted molar refractivity (Wildman–Crippen MR) is 143 cm³/mol. The van der Waals surface area contributed by atoms with Gasteiger partial charge in [-0.15, -0.1) is 0 Å². The highest BCUT2D eigenvalue weighted by atomic mass is 35.5. The molecule has 0 aliphatic rings. The van der Waals surface area contributed by atoms with Crippen LogP contribution >= 0.6 is 11.6 Å². The lowest BCUT2D eigenvalue weighted by Gasteiger charge is -2.15. The average molecular weight is 514 g/mol. The lowest BCUT2D eigenvalue weighted by molar-refractivity contribution is -0.115. The quantitative estimate of drug-likeness (QED) is 0.340. The van der Waals surface area contributed by atoms with Crippen molar-refractivity contribution in [3.8, 4) is 5.69 Å². The molecule has 1 heterocycles. The van der Waals surface area contributed by atoms with Crippen LogP contribution in [0.5, 0.6) is 0 Å². The topological polar surface area (TPSA) is 73.1 Å². The Kier molecular flexibility index (Phi) is 6.70. The van der Waals surface area contributed by atoms with Crippen molar-refractivity contribution in [2.45, 2.75) is 13.0 Å². The maximum Gasteiger partial charge on any atom is 0.336 e. The molecule has 0 saturated heterocycles. The number of carbonyl (C=O) groups excluding carboxylic acids is 1. The van der Waals surface area contributed by atoms with Crippen molar-refractivity contribution in [2.24, 2.45) is 0 Å². The Bertz CT molecular complexity index is 1710. The Balaban J connectivity index is 1.47. The zero-order valence-corrected chi connectivity index (χ0v) is 20.3. The van der Waals surface area contributed by atoms with E-state index in [2.05, 4.69) is 5.32 Å². The summed E-state index contributed by atoms with van der Waals surface area (Å²) in [6.07, 6.45) is 0.0745. The van der Waals surface area contributed by atoms with E-state index in [-0.39, 0.29) is 24.7 Å². The van der Waals surface area contributed by atoms with Gasteiger partial charge in [-0.1, -0.05) is 48.0 Å². The van der Waals surface area contributed by atoms with Gasteiger partial charge in [0, 0.05) is 10.7 Å². The van der Waals surface area contributed by atoms with Crippen molar-refractivity contribution in [3.63, 3.8) is 0 Å². The summed E-state index contributed by atoms with van der Waals surface area (Å²) >= 11 is 6.00. The van der Waals surface area contributed by atoms with Gasteiger partial charge in [0.05, 0.1) is 29.6 Å². The highest BCUT2D eigenvalue weighted by Crippen LogP contribution is 2.15. The molecule has 4 aromatic carbocycles. The first-order valence-electron chi connectivity index (χ1n) is 11.5. The maximum absolute atomic E-state index is 13.6. The number of hydrogen-bond acceptors (Lipinski definition) is 3. The summed E-state index contributed by atoms with van der Waals surface area (Å²) in [5.41, 5.74) is 2.09. The second-order valence-electron chi connectivity index (χ2n) is 8.55. The second-order valence-corrected chi connectivity index (χ2v) is 8.99. The van der Waals surface area contributed by atoms with E-state index >= 15 is 0 Å². The lowest BCUT2D eigenvalue weighted by atomic mass is 10.1. The number of benzene rings is 4. The minimum Gasteiger partial charge on any atom is -0.326 e. The van der Waals surface area contributed by atoms with Crippen LogP contribution in [-0.2, 0) is 17.8 Å². The van der Waals surface area contributed by atoms with Gasteiger partial charge in [0.1, 0.15) is 5.82 Å². The molecule has 1 N–H and O–H groups in total. The van der Waals surface area contributed by atoms with E-state index in [1.165, 1.54) is 24.3 Å². The Morgan fingerprint density at radius 1 is 0.811 bits per heavy atom. The van der Waals surface area contributed by atoms with Crippen LogP contribution in [0.15, 0.2) is 107 Å². The molecule has 37 heavy (non-hydrogen) atoms. The SMILES string of the molecule is O=C(Cc1ccc(-n2c(=O)c3ccccc3n(Cc3ccc(Cl)cc3)c2=O)cc1)Nc1ccc(F)cc1. The number of fused-ring (bicyclic) bond motifs is 1. The molecule has 0 unspecified atom stereocenters. The summed E-state index contributed by atoms with van der Waals surface area (Å²) in [5.74, 6) is -0.655. The molecule has 1 aromatic heterocycles. The standard InChI is InChI=1S/C29H21ClFN3O3/c30-21-9-5-20(6-10-21)18-33-26-4-2-1-3-25(26)28(36)34(29(33)37)24-15-7-19(8-16-24)17-27(35)32-23-13-11-22(31)12-14-23/h1-16H,17-18H2,(H,32,35). The number of carbonyl (C=O) groups is 1. The molecule has 8 heteroatoms. The van der Waals surface area contributed by atoms with Crippen LogP contribution in [0.25, 0.3) is 16.6 Å². The van der Waals surface area contributed by atoms with Crippen molar-refractivity contribution >= 4 is 34.1 Å². The van der Waals surface area contributed by atoms with E-state index in [4.69, 9.17) is 11.6 Å². The van der Waals surface area contributed by atoms with Crippen molar-refractivity contribution in [1.82, 2.24) is 9.13 Å². The Hall–Kier alpha value is -4.49. The van der Waals surface area contributed by atoms with Crippen molar-refractivity contribution in [3.05, 3.63) is 140 Å². The van der Waals surface area contributed by atoms with Crippen LogP contribution < -0.4 is 16.6 Å². The normalized spacial score (nSPS) is 11.0. The predicted octanol–water partition coefficient (Wildman–Crippen LogP) is 5.17. The number of aromatic nitrogens is 2. The minimum absolute atomic E-state index is 0.0745. The van der Waals surface area contributed by atoms with Crippen LogP contribution in [0.1, 0.15) is 11.1 Å². The van der Waals surface area contributed by atoms with Crippen molar-refractivity contribution < 1.29 is 9.18 Å². The summed E-state index contributed by atoms with van der Waals surface area (Å²) in [4.78, 5) is 39.3. The molecule has 0 spiro atoms. The van der Waals surface area contributed by atoms with E-state index in [9.17, 15) is 18.8 Å². The van der Waals surface area contributed by atoms with Gasteiger partial charge in [-0.05, 0) is 71.8 Å². The zero-order valence-electron chi connectivity index (χ0n) is 19.5. The van der Waals surface area contributed by atoms with E-state index in [1.807, 2.05) is 12.1 Å². The first kappa shape index (κ1) is 24.2. The average Bonchev–Trinajstić information content (AvgIpc) is 2.90. The van der Waals surface area contributed by atoms with Gasteiger partial charge in [-0.3, -0.25) is 14.2 Å². The Morgan fingerprint density at radius 2 is 1.46 bits per heavy atom. The summed E-state index contributed by atoms with van der Waals surface area (Å²) in [6, 6.07) is 26.4. The highest BCUT2D eigenvalue weighted by molar-refractivity contribution is 6.30. The molecule has 184 valence electrons. The van der Waals surface area contributed by atoms with Crippen LogP contribution in [-0.4, -0.2) is 15.0 Å². The van der Waals surface area contributed by atoms with Crippen LogP contribution in [0, 0.1) is 5.82 Å². The fourth-order valence-electron chi connectivity index (χ4n) is 4.16. The summed E-state index contributed by atoms with van der Waals surface area (Å²) in [5, 5.41) is 3.72. The largest absolute Gasteiger partial charge is 0.336 e. The van der Waals surface area contributed by atoms with Crippen LogP contribution in [0.3, 0.4) is 0 Å². The number of nitrogens with one attached hydrogen (secondary N) is 1. The smallest absolute Gasteiger partial charge is 0.326 e. The fraction of sp³-hybridized carbons (Fsp3) is 0.0690. The number of para-hydroxylation sites is 1. The molecule has 6 nitrogen and oxygen atoms in total. The minimum atomic E-state index is -0.472. The lowest BCUT2D eigenvalue weighted by Crippen LogP contribution is -2.39. The Morgan fingerprint density at radius 3 is 2.16 bits per heavy atom. The van der Waals surface area contributed by atoms with Gasteiger partial charge in [0.2, 0.25) is 5.91 Å². The number of hydrogen-bond donors (Lipinski definition) is 1. The molecule has 0 saturated carbocycles. The molecule has 1 amide bonds. The van der Waals surface area contributed by atoms with Gasteiger partial charge in [0.15, 0.2) is 0 Å². The number of amides is 1. The van der Waals surface area contributed by atoms with Crippen molar-refractivity contribution in [2.75, 3.05) is 5.32 Å². The summed E-state index contributed by atoms with van der Waals surface area (Å²) in [7, 11) is 0. The zero-order chi connectivity index (χ0) is 25.9. The van der Waals surface area contributed by atoms with E-state index in [0.29, 0.717) is 32.9 Å². The monoisotopic (exact) mass is 513 g/mol. The molecule has 5 aromatic rings. The molecular formula is C29H21ClFN3O3. The number of halogens is 2. The summed E-state index contributed by atoms with van der Waals surface area (Å²) in [6.45, 7) is 0.262. The highest BCUT2D eigenvalue weighted by Gasteiger charge is 2.15.